The molecule has 1 aromatic heterocycles. The number of likely N-dealkylation sites (N-methyl/N-ethyl adjacent to an activating group) is 1. The number of aromatic nitrogens is 2. The maximum atomic E-state index is 5.27. The molecule has 0 aliphatic carbocycles. The van der Waals surface area contributed by atoms with Crippen molar-refractivity contribution in [3.05, 3.63) is 47.9 Å². The summed E-state index contributed by atoms with van der Waals surface area (Å²) in [6, 6.07) is 8.05. The molecule has 1 N–H and O–H groups in total. The van der Waals surface area contributed by atoms with Crippen LogP contribution in [-0.4, -0.2) is 31.2 Å². The minimum atomic E-state index is 0.0482. The van der Waals surface area contributed by atoms with Crippen LogP contribution in [0.4, 0.5) is 0 Å². The maximum absolute atomic E-state index is 5.27. The Kier molecular flexibility index (Phi) is 4.90. The Balaban J connectivity index is 2.19. The maximum Gasteiger partial charge on any atom is 0.237 e. The highest BCUT2D eigenvalue weighted by Crippen LogP contribution is 2.23. The van der Waals surface area contributed by atoms with Gasteiger partial charge in [-0.2, -0.15) is 0 Å². The van der Waals surface area contributed by atoms with E-state index in [1.54, 1.807) is 26.6 Å². The van der Waals surface area contributed by atoms with Crippen LogP contribution in [0.15, 0.2) is 36.7 Å². The Morgan fingerprint density at radius 3 is 2.35 bits per heavy atom. The first kappa shape index (κ1) is 14.3. The Bertz CT molecular complexity index is 543. The zero-order valence-electron chi connectivity index (χ0n) is 12.0. The normalized spacial score (nSPS) is 11.9. The van der Waals surface area contributed by atoms with Gasteiger partial charge in [0.05, 0.1) is 20.3 Å². The van der Waals surface area contributed by atoms with Crippen LogP contribution >= 0.6 is 0 Å². The number of rotatable bonds is 6. The molecule has 0 aliphatic heterocycles. The Hall–Kier alpha value is -2.14. The van der Waals surface area contributed by atoms with Crippen LogP contribution < -0.4 is 14.8 Å². The minimum Gasteiger partial charge on any atom is -0.497 e. The summed E-state index contributed by atoms with van der Waals surface area (Å²) in [5.41, 5.74) is 2.01. The second-order valence-electron chi connectivity index (χ2n) is 4.34. The molecule has 5 heteroatoms. The average molecular weight is 273 g/mol. The van der Waals surface area contributed by atoms with Crippen molar-refractivity contribution in [1.82, 2.24) is 15.3 Å². The molecule has 20 heavy (non-hydrogen) atoms. The predicted molar refractivity (Wildman–Crippen MR) is 77.1 cm³/mol. The Morgan fingerprint density at radius 1 is 1.05 bits per heavy atom. The molecule has 0 saturated heterocycles. The topological polar surface area (TPSA) is 56.3 Å². The van der Waals surface area contributed by atoms with Crippen molar-refractivity contribution in [1.29, 1.82) is 0 Å². The van der Waals surface area contributed by atoms with Gasteiger partial charge in [-0.1, -0.05) is 12.1 Å². The lowest BCUT2D eigenvalue weighted by atomic mass is 10.0. The van der Waals surface area contributed by atoms with Crippen molar-refractivity contribution in [2.75, 3.05) is 21.3 Å². The second kappa shape index (κ2) is 6.86. The zero-order chi connectivity index (χ0) is 14.4. The molecule has 5 nitrogen and oxygen atoms in total. The number of methoxy groups -OCH3 is 2. The molecule has 1 heterocycles. The number of nitrogens with zero attached hydrogens (tertiary/aromatic N) is 2. The van der Waals surface area contributed by atoms with Crippen molar-refractivity contribution in [3.63, 3.8) is 0 Å². The van der Waals surface area contributed by atoms with Gasteiger partial charge in [-0.3, -0.25) is 4.98 Å². The van der Waals surface area contributed by atoms with Gasteiger partial charge in [-0.15, -0.1) is 0 Å². The molecule has 0 saturated carbocycles. The molecule has 1 atom stereocenters. The van der Waals surface area contributed by atoms with E-state index in [0.717, 1.165) is 17.9 Å². The molecule has 1 aromatic carbocycles. The minimum absolute atomic E-state index is 0.0482. The van der Waals surface area contributed by atoms with Crippen molar-refractivity contribution >= 4 is 0 Å². The summed E-state index contributed by atoms with van der Waals surface area (Å²) in [6.07, 6.45) is 4.11. The van der Waals surface area contributed by atoms with E-state index in [9.17, 15) is 0 Å². The van der Waals surface area contributed by atoms with Crippen LogP contribution in [0.25, 0.3) is 0 Å². The molecule has 0 radical (unpaired) electrons. The van der Waals surface area contributed by atoms with Crippen LogP contribution in [0, 0.1) is 0 Å². The molecule has 0 aliphatic rings. The summed E-state index contributed by atoms with van der Waals surface area (Å²) >= 11 is 0. The zero-order valence-corrected chi connectivity index (χ0v) is 12.0. The number of nitrogens with one attached hydrogen (secondary N) is 1. The quantitative estimate of drug-likeness (QED) is 0.872. The van der Waals surface area contributed by atoms with Crippen molar-refractivity contribution in [2.24, 2.45) is 0 Å². The van der Waals surface area contributed by atoms with Gasteiger partial charge in [0.1, 0.15) is 11.4 Å². The van der Waals surface area contributed by atoms with Gasteiger partial charge in [0, 0.05) is 12.4 Å². The Labute approximate surface area is 119 Å². The number of hydrogen-bond donors (Lipinski definition) is 1. The standard InChI is InChI=1S/C15H19N3O2/c1-16-13(14-15(20-3)18-9-8-17-14)10-11-4-6-12(19-2)7-5-11/h4-9,13,16H,10H2,1-3H3. The first-order chi connectivity index (χ1) is 9.78. The lowest BCUT2D eigenvalue weighted by molar-refractivity contribution is 0.379. The van der Waals surface area contributed by atoms with E-state index in [0.29, 0.717) is 5.88 Å². The summed E-state index contributed by atoms with van der Waals surface area (Å²) in [7, 11) is 5.17. The van der Waals surface area contributed by atoms with Crippen molar-refractivity contribution in [3.8, 4) is 11.6 Å². The van der Waals surface area contributed by atoms with Crippen LogP contribution in [-0.2, 0) is 6.42 Å². The van der Waals surface area contributed by atoms with E-state index in [1.165, 1.54) is 5.56 Å². The lowest BCUT2D eigenvalue weighted by Crippen LogP contribution is -2.21. The van der Waals surface area contributed by atoms with E-state index in [2.05, 4.69) is 15.3 Å². The molecule has 2 rings (SSSR count). The third kappa shape index (κ3) is 3.24. The molecular weight excluding hydrogens is 254 g/mol. The van der Waals surface area contributed by atoms with Crippen molar-refractivity contribution < 1.29 is 9.47 Å². The van der Waals surface area contributed by atoms with E-state index in [4.69, 9.17) is 9.47 Å². The fourth-order valence-corrected chi connectivity index (χ4v) is 2.07. The SMILES string of the molecule is CNC(Cc1ccc(OC)cc1)c1nccnc1OC. The molecule has 0 bridgehead atoms. The highest BCUT2D eigenvalue weighted by molar-refractivity contribution is 5.30. The fourth-order valence-electron chi connectivity index (χ4n) is 2.07. The smallest absolute Gasteiger partial charge is 0.237 e. The lowest BCUT2D eigenvalue weighted by Gasteiger charge is -2.17. The molecule has 2 aromatic rings. The van der Waals surface area contributed by atoms with E-state index in [1.807, 2.05) is 31.3 Å². The summed E-state index contributed by atoms with van der Waals surface area (Å²) in [4.78, 5) is 8.57. The summed E-state index contributed by atoms with van der Waals surface area (Å²) in [5, 5.41) is 3.26. The van der Waals surface area contributed by atoms with Gasteiger partial charge in [-0.05, 0) is 31.2 Å². The summed E-state index contributed by atoms with van der Waals surface area (Å²) < 4.78 is 10.4. The van der Waals surface area contributed by atoms with Crippen LogP contribution in [0.3, 0.4) is 0 Å². The van der Waals surface area contributed by atoms with Gasteiger partial charge in [0.15, 0.2) is 0 Å². The number of ether oxygens (including phenoxy) is 2. The fraction of sp³-hybridized carbons (Fsp3) is 0.333. The number of hydrogen-bond acceptors (Lipinski definition) is 5. The van der Waals surface area contributed by atoms with Gasteiger partial charge >= 0.3 is 0 Å². The van der Waals surface area contributed by atoms with Crippen LogP contribution in [0.2, 0.25) is 0 Å². The molecule has 0 fully saturated rings. The molecular formula is C15H19N3O2. The molecule has 1 unspecified atom stereocenters. The second-order valence-corrected chi connectivity index (χ2v) is 4.34. The van der Waals surface area contributed by atoms with Crippen molar-refractivity contribution in [2.45, 2.75) is 12.5 Å². The van der Waals surface area contributed by atoms with Crippen LogP contribution in [0.1, 0.15) is 17.3 Å². The number of benzene rings is 1. The van der Waals surface area contributed by atoms with Crippen LogP contribution in [0.5, 0.6) is 11.6 Å². The van der Waals surface area contributed by atoms with Gasteiger partial charge in [-0.25, -0.2) is 4.98 Å². The van der Waals surface area contributed by atoms with E-state index < -0.39 is 0 Å². The van der Waals surface area contributed by atoms with E-state index in [-0.39, 0.29) is 6.04 Å². The highest BCUT2D eigenvalue weighted by Gasteiger charge is 2.17. The highest BCUT2D eigenvalue weighted by atomic mass is 16.5. The Morgan fingerprint density at radius 2 is 1.75 bits per heavy atom. The molecule has 0 amide bonds. The first-order valence-electron chi connectivity index (χ1n) is 6.43. The third-order valence-corrected chi connectivity index (χ3v) is 3.16. The van der Waals surface area contributed by atoms with Gasteiger partial charge in [0.25, 0.3) is 0 Å². The predicted octanol–water partition coefficient (Wildman–Crippen LogP) is 2.00. The monoisotopic (exact) mass is 273 g/mol. The molecule has 0 spiro atoms. The van der Waals surface area contributed by atoms with Gasteiger partial charge in [0.2, 0.25) is 5.88 Å². The average Bonchev–Trinajstić information content (AvgIpc) is 2.53. The molecule has 106 valence electrons. The first-order valence-corrected chi connectivity index (χ1v) is 6.43. The third-order valence-electron chi connectivity index (χ3n) is 3.16. The summed E-state index contributed by atoms with van der Waals surface area (Å²) in [5.74, 6) is 1.41. The van der Waals surface area contributed by atoms with Gasteiger partial charge < -0.3 is 14.8 Å². The summed E-state index contributed by atoms with van der Waals surface area (Å²) in [6.45, 7) is 0. The largest absolute Gasteiger partial charge is 0.497 e. The van der Waals surface area contributed by atoms with E-state index >= 15 is 0 Å².